The van der Waals surface area contributed by atoms with Gasteiger partial charge in [-0.1, -0.05) is 18.2 Å². The lowest BCUT2D eigenvalue weighted by Gasteiger charge is -2.24. The number of carbonyl (C=O) groups excluding carboxylic acids is 1. The minimum atomic E-state index is 0.0519. The summed E-state index contributed by atoms with van der Waals surface area (Å²) in [5.74, 6) is 0.638. The molecule has 1 aromatic rings. The molecule has 1 aliphatic rings. The highest BCUT2D eigenvalue weighted by atomic mass is 16.5. The Labute approximate surface area is 120 Å². The first-order valence-corrected chi connectivity index (χ1v) is 7.40. The molecule has 4 nitrogen and oxygen atoms in total. The van der Waals surface area contributed by atoms with Gasteiger partial charge >= 0.3 is 0 Å². The molecule has 1 amide bonds. The Hall–Kier alpha value is -1.39. The first-order chi connectivity index (χ1) is 9.74. The molecular weight excluding hydrogens is 252 g/mol. The monoisotopic (exact) mass is 276 g/mol. The van der Waals surface area contributed by atoms with Crippen LogP contribution in [0, 0.1) is 5.92 Å². The predicted molar refractivity (Wildman–Crippen MR) is 80.7 cm³/mol. The molecule has 0 bridgehead atoms. The van der Waals surface area contributed by atoms with Crippen molar-refractivity contribution in [3.05, 3.63) is 30.3 Å². The van der Waals surface area contributed by atoms with E-state index in [4.69, 9.17) is 4.74 Å². The zero-order valence-corrected chi connectivity index (χ0v) is 12.1. The van der Waals surface area contributed by atoms with E-state index in [1.54, 1.807) is 0 Å². The van der Waals surface area contributed by atoms with E-state index in [1.165, 1.54) is 6.42 Å². The molecule has 110 valence electrons. The fraction of sp³-hybridized carbons (Fsp3) is 0.562. The summed E-state index contributed by atoms with van der Waals surface area (Å²) in [6, 6.07) is 9.75. The summed E-state index contributed by atoms with van der Waals surface area (Å²) in [5.41, 5.74) is 0.852. The van der Waals surface area contributed by atoms with Crippen molar-refractivity contribution in [2.24, 2.45) is 5.92 Å². The maximum atomic E-state index is 11.9. The van der Waals surface area contributed by atoms with E-state index in [9.17, 15) is 4.79 Å². The Morgan fingerprint density at radius 2 is 2.20 bits per heavy atom. The topological polar surface area (TPSA) is 50.4 Å². The van der Waals surface area contributed by atoms with E-state index in [1.807, 2.05) is 37.3 Å². The highest BCUT2D eigenvalue weighted by molar-refractivity contribution is 5.90. The zero-order chi connectivity index (χ0) is 14.2. The van der Waals surface area contributed by atoms with Gasteiger partial charge in [0.2, 0.25) is 5.91 Å². The average Bonchev–Trinajstić information content (AvgIpc) is 2.47. The van der Waals surface area contributed by atoms with Crippen LogP contribution < -0.4 is 10.6 Å². The minimum Gasteiger partial charge on any atom is -0.381 e. The number of carbonyl (C=O) groups is 1. The van der Waals surface area contributed by atoms with Crippen LogP contribution in [0.2, 0.25) is 0 Å². The van der Waals surface area contributed by atoms with Crippen LogP contribution in [-0.4, -0.2) is 31.7 Å². The Morgan fingerprint density at radius 1 is 1.40 bits per heavy atom. The molecular formula is C16H24N2O2. The maximum Gasteiger partial charge on any atom is 0.225 e. The third-order valence-electron chi connectivity index (χ3n) is 3.56. The van der Waals surface area contributed by atoms with Crippen molar-refractivity contribution in [2.75, 3.05) is 25.1 Å². The first kappa shape index (κ1) is 15.0. The Bertz CT molecular complexity index is 402. The van der Waals surface area contributed by atoms with Gasteiger partial charge in [0.1, 0.15) is 0 Å². The third-order valence-corrected chi connectivity index (χ3v) is 3.56. The van der Waals surface area contributed by atoms with Gasteiger partial charge in [-0.3, -0.25) is 4.79 Å². The molecule has 2 rings (SSSR count). The molecule has 2 unspecified atom stereocenters. The smallest absolute Gasteiger partial charge is 0.225 e. The number of ether oxygens (including phenoxy) is 1. The molecule has 2 atom stereocenters. The number of amides is 1. The largest absolute Gasteiger partial charge is 0.381 e. The van der Waals surface area contributed by atoms with Crippen LogP contribution in [-0.2, 0) is 9.53 Å². The van der Waals surface area contributed by atoms with Crippen LogP contribution in [0.3, 0.4) is 0 Å². The molecule has 4 heteroatoms. The van der Waals surface area contributed by atoms with Crippen LogP contribution in [0.5, 0.6) is 0 Å². The first-order valence-electron chi connectivity index (χ1n) is 7.40. The quantitative estimate of drug-likeness (QED) is 0.839. The normalized spacial score (nSPS) is 20.4. The van der Waals surface area contributed by atoms with Crippen LogP contribution in [0.15, 0.2) is 30.3 Å². The molecule has 1 heterocycles. The van der Waals surface area contributed by atoms with Crippen molar-refractivity contribution in [3.63, 3.8) is 0 Å². The second-order valence-corrected chi connectivity index (χ2v) is 5.51. The van der Waals surface area contributed by atoms with Gasteiger partial charge in [-0.05, 0) is 37.8 Å². The van der Waals surface area contributed by atoms with Crippen molar-refractivity contribution in [2.45, 2.75) is 32.2 Å². The molecule has 20 heavy (non-hydrogen) atoms. The lowest BCUT2D eigenvalue weighted by Crippen LogP contribution is -2.36. The van der Waals surface area contributed by atoms with E-state index >= 15 is 0 Å². The SMILES string of the molecule is CC(CC(=O)Nc1ccccc1)NCC1CCCOC1. The third kappa shape index (κ3) is 5.31. The number of hydrogen-bond acceptors (Lipinski definition) is 3. The van der Waals surface area contributed by atoms with Crippen molar-refractivity contribution in [3.8, 4) is 0 Å². The van der Waals surface area contributed by atoms with Gasteiger partial charge in [-0.25, -0.2) is 0 Å². The molecule has 1 aliphatic heterocycles. The minimum absolute atomic E-state index is 0.0519. The number of para-hydroxylation sites is 1. The summed E-state index contributed by atoms with van der Waals surface area (Å²) >= 11 is 0. The summed E-state index contributed by atoms with van der Waals surface area (Å²) in [5, 5.41) is 6.34. The summed E-state index contributed by atoms with van der Waals surface area (Å²) in [4.78, 5) is 11.9. The van der Waals surface area contributed by atoms with E-state index in [0.29, 0.717) is 12.3 Å². The van der Waals surface area contributed by atoms with E-state index in [2.05, 4.69) is 10.6 Å². The highest BCUT2D eigenvalue weighted by Gasteiger charge is 2.15. The van der Waals surface area contributed by atoms with Crippen LogP contribution in [0.4, 0.5) is 5.69 Å². The van der Waals surface area contributed by atoms with Crippen LogP contribution in [0.1, 0.15) is 26.2 Å². The molecule has 0 aliphatic carbocycles. The fourth-order valence-corrected chi connectivity index (χ4v) is 2.42. The van der Waals surface area contributed by atoms with Gasteiger partial charge in [0.15, 0.2) is 0 Å². The zero-order valence-electron chi connectivity index (χ0n) is 12.1. The Kier molecular flexibility index (Phi) is 6.02. The number of hydrogen-bond donors (Lipinski definition) is 2. The van der Waals surface area contributed by atoms with Gasteiger partial charge in [0.05, 0.1) is 6.61 Å². The van der Waals surface area contributed by atoms with Gasteiger partial charge in [0.25, 0.3) is 0 Å². The number of anilines is 1. The lowest BCUT2D eigenvalue weighted by molar-refractivity contribution is -0.116. The van der Waals surface area contributed by atoms with Gasteiger partial charge in [-0.15, -0.1) is 0 Å². The summed E-state index contributed by atoms with van der Waals surface area (Å²) in [6.07, 6.45) is 2.85. The average molecular weight is 276 g/mol. The lowest BCUT2D eigenvalue weighted by atomic mass is 10.0. The fourth-order valence-electron chi connectivity index (χ4n) is 2.42. The van der Waals surface area contributed by atoms with E-state index in [0.717, 1.165) is 31.9 Å². The van der Waals surface area contributed by atoms with Gasteiger partial charge in [-0.2, -0.15) is 0 Å². The molecule has 0 aromatic heterocycles. The maximum absolute atomic E-state index is 11.9. The molecule has 0 spiro atoms. The van der Waals surface area contributed by atoms with Crippen molar-refractivity contribution < 1.29 is 9.53 Å². The highest BCUT2D eigenvalue weighted by Crippen LogP contribution is 2.12. The number of rotatable bonds is 6. The number of benzene rings is 1. The molecule has 0 radical (unpaired) electrons. The van der Waals surface area contributed by atoms with Gasteiger partial charge < -0.3 is 15.4 Å². The second-order valence-electron chi connectivity index (χ2n) is 5.51. The van der Waals surface area contributed by atoms with Crippen molar-refractivity contribution in [1.29, 1.82) is 0 Å². The second kappa shape index (κ2) is 8.02. The molecule has 0 saturated carbocycles. The number of nitrogens with one attached hydrogen (secondary N) is 2. The molecule has 1 aromatic carbocycles. The molecule has 1 fully saturated rings. The van der Waals surface area contributed by atoms with Crippen LogP contribution >= 0.6 is 0 Å². The summed E-state index contributed by atoms with van der Waals surface area (Å²) in [7, 11) is 0. The van der Waals surface area contributed by atoms with Crippen LogP contribution in [0.25, 0.3) is 0 Å². The standard InChI is InChI=1S/C16H24N2O2/c1-13(17-11-14-6-5-9-20-12-14)10-16(19)18-15-7-3-2-4-8-15/h2-4,7-8,13-14,17H,5-6,9-12H2,1H3,(H,18,19). The molecule has 1 saturated heterocycles. The van der Waals surface area contributed by atoms with Gasteiger partial charge in [0, 0.05) is 31.3 Å². The van der Waals surface area contributed by atoms with E-state index in [-0.39, 0.29) is 11.9 Å². The van der Waals surface area contributed by atoms with E-state index < -0.39 is 0 Å². The summed E-state index contributed by atoms with van der Waals surface area (Å²) in [6.45, 7) is 4.72. The van der Waals surface area contributed by atoms with Crippen molar-refractivity contribution in [1.82, 2.24) is 5.32 Å². The predicted octanol–water partition coefficient (Wildman–Crippen LogP) is 2.42. The van der Waals surface area contributed by atoms with Crippen molar-refractivity contribution >= 4 is 11.6 Å². The summed E-state index contributed by atoms with van der Waals surface area (Å²) < 4.78 is 5.46. The Balaban J connectivity index is 1.65. The molecule has 2 N–H and O–H groups in total. The Morgan fingerprint density at radius 3 is 2.90 bits per heavy atom.